The van der Waals surface area contributed by atoms with Gasteiger partial charge < -0.3 is 5.32 Å². The first kappa shape index (κ1) is 16.6. The molecule has 8 heteroatoms. The van der Waals surface area contributed by atoms with Crippen LogP contribution in [0.4, 0.5) is 10.1 Å². The predicted octanol–water partition coefficient (Wildman–Crippen LogP) is 2.20. The molecule has 1 aromatic carbocycles. The van der Waals surface area contributed by atoms with E-state index in [4.69, 9.17) is 0 Å². The summed E-state index contributed by atoms with van der Waals surface area (Å²) in [6.45, 7) is 4.05. The monoisotopic (exact) mass is 354 g/mol. The number of carbonyl (C=O) groups is 1. The van der Waals surface area contributed by atoms with Crippen molar-refractivity contribution in [3.05, 3.63) is 42.3 Å². The number of benzene rings is 1. The van der Waals surface area contributed by atoms with Crippen molar-refractivity contribution in [1.82, 2.24) is 26.0 Å². The van der Waals surface area contributed by atoms with Crippen molar-refractivity contribution in [1.29, 1.82) is 0 Å². The lowest BCUT2D eigenvalue weighted by molar-refractivity contribution is -0.118. The Labute approximate surface area is 149 Å². The first-order valence-electron chi connectivity index (χ1n) is 8.45. The maximum absolute atomic E-state index is 13.2. The molecule has 3 aromatic rings. The summed E-state index contributed by atoms with van der Waals surface area (Å²) in [7, 11) is 0. The lowest BCUT2D eigenvalue weighted by atomic mass is 9.97. The maximum Gasteiger partial charge on any atom is 0.243 e. The number of hydrogen-bond acceptors (Lipinski definition) is 5. The summed E-state index contributed by atoms with van der Waals surface area (Å²) in [5.74, 6) is -0.262. The lowest BCUT2D eigenvalue weighted by Gasteiger charge is -2.15. The number of aromatic amines is 1. The highest BCUT2D eigenvalue weighted by atomic mass is 19.1. The summed E-state index contributed by atoms with van der Waals surface area (Å²) in [5, 5.41) is 10.8. The number of nitrogens with one attached hydrogen (secondary N) is 4. The van der Waals surface area contributed by atoms with E-state index in [9.17, 15) is 9.18 Å². The number of nitrogens with zero attached hydrogens (tertiary/aromatic N) is 2. The molecule has 0 saturated carbocycles. The Morgan fingerprint density at radius 1 is 1.19 bits per heavy atom. The van der Waals surface area contributed by atoms with Crippen molar-refractivity contribution in [2.24, 2.45) is 5.92 Å². The van der Waals surface area contributed by atoms with Crippen LogP contribution < -0.4 is 16.2 Å². The summed E-state index contributed by atoms with van der Waals surface area (Å²) in [5.41, 5.74) is 8.73. The van der Waals surface area contributed by atoms with Gasteiger partial charge in [-0.2, -0.15) is 5.10 Å². The zero-order valence-electron chi connectivity index (χ0n) is 14.4. The van der Waals surface area contributed by atoms with E-state index >= 15 is 0 Å². The molecule has 7 nitrogen and oxygen atoms in total. The summed E-state index contributed by atoms with van der Waals surface area (Å²) < 4.78 is 13.2. The standard InChI is InChI=1S/C18H19FN6O/c1-9-10(2)22-23-15(9)18(26)21-13-7-14-16(24-25-17(14)20-8-13)11-3-5-12(19)6-4-11/h3-10,15,22-23H,1-2H3,(H,21,26)(H,20,24,25). The summed E-state index contributed by atoms with van der Waals surface area (Å²) in [4.78, 5) is 16.8. The molecule has 0 spiro atoms. The lowest BCUT2D eigenvalue weighted by Crippen LogP contribution is -2.41. The van der Waals surface area contributed by atoms with Gasteiger partial charge in [-0.05, 0) is 43.2 Å². The van der Waals surface area contributed by atoms with Gasteiger partial charge in [0.25, 0.3) is 0 Å². The first-order chi connectivity index (χ1) is 12.5. The van der Waals surface area contributed by atoms with Crippen LogP contribution in [-0.4, -0.2) is 33.2 Å². The van der Waals surface area contributed by atoms with Crippen LogP contribution in [-0.2, 0) is 4.79 Å². The van der Waals surface area contributed by atoms with Gasteiger partial charge in [-0.1, -0.05) is 6.92 Å². The average Bonchev–Trinajstić information content (AvgIpc) is 3.19. The Balaban J connectivity index is 1.62. The number of rotatable bonds is 3. The molecule has 0 aliphatic carbocycles. The van der Waals surface area contributed by atoms with E-state index in [1.807, 2.05) is 19.9 Å². The van der Waals surface area contributed by atoms with Crippen molar-refractivity contribution < 1.29 is 9.18 Å². The Morgan fingerprint density at radius 2 is 1.96 bits per heavy atom. The number of fused-ring (bicyclic) bond motifs is 1. The number of hydrogen-bond donors (Lipinski definition) is 4. The van der Waals surface area contributed by atoms with Crippen LogP contribution in [0, 0.1) is 11.7 Å². The van der Waals surface area contributed by atoms with Gasteiger partial charge in [0.15, 0.2) is 5.65 Å². The number of halogens is 1. The SMILES string of the molecule is CC1NNC(C(=O)Nc2cnc3n[nH]c(-c4ccc(F)cc4)c3c2)C1C. The van der Waals surface area contributed by atoms with Crippen molar-refractivity contribution >= 4 is 22.6 Å². The second kappa shape index (κ2) is 6.47. The smallest absolute Gasteiger partial charge is 0.243 e. The van der Waals surface area contributed by atoms with E-state index < -0.39 is 0 Å². The van der Waals surface area contributed by atoms with Crippen molar-refractivity contribution in [2.75, 3.05) is 5.32 Å². The fourth-order valence-corrected chi connectivity index (χ4v) is 3.10. The molecular formula is C18H19FN6O. The van der Waals surface area contributed by atoms with E-state index in [0.29, 0.717) is 11.3 Å². The third kappa shape index (κ3) is 2.93. The topological polar surface area (TPSA) is 94.7 Å². The molecule has 3 heterocycles. The minimum atomic E-state index is -0.318. The molecule has 4 rings (SSSR count). The van der Waals surface area contributed by atoms with E-state index in [1.54, 1.807) is 18.3 Å². The molecule has 26 heavy (non-hydrogen) atoms. The third-order valence-electron chi connectivity index (χ3n) is 4.87. The largest absolute Gasteiger partial charge is 0.323 e. The molecule has 2 aromatic heterocycles. The minimum absolute atomic E-state index is 0.123. The molecule has 1 aliphatic rings. The Hall–Kier alpha value is -2.84. The van der Waals surface area contributed by atoms with Crippen LogP contribution in [0.1, 0.15) is 13.8 Å². The second-order valence-electron chi connectivity index (χ2n) is 6.60. The number of amides is 1. The maximum atomic E-state index is 13.2. The van der Waals surface area contributed by atoms with E-state index in [1.165, 1.54) is 12.1 Å². The van der Waals surface area contributed by atoms with E-state index in [2.05, 4.69) is 31.3 Å². The van der Waals surface area contributed by atoms with Crippen molar-refractivity contribution in [3.63, 3.8) is 0 Å². The highest BCUT2D eigenvalue weighted by Gasteiger charge is 2.34. The minimum Gasteiger partial charge on any atom is -0.323 e. The number of pyridine rings is 1. The van der Waals surface area contributed by atoms with Gasteiger partial charge >= 0.3 is 0 Å². The number of hydrazine groups is 1. The van der Waals surface area contributed by atoms with Crippen LogP contribution >= 0.6 is 0 Å². The van der Waals surface area contributed by atoms with Crippen LogP contribution in [0.15, 0.2) is 36.5 Å². The molecule has 134 valence electrons. The zero-order chi connectivity index (χ0) is 18.3. The van der Waals surface area contributed by atoms with Gasteiger partial charge in [0.2, 0.25) is 5.91 Å². The van der Waals surface area contributed by atoms with Crippen LogP contribution in [0.25, 0.3) is 22.3 Å². The Kier molecular flexibility index (Phi) is 4.14. The molecule has 1 amide bonds. The zero-order valence-corrected chi connectivity index (χ0v) is 14.4. The number of anilines is 1. The summed E-state index contributed by atoms with van der Waals surface area (Å²) in [6.07, 6.45) is 1.58. The van der Waals surface area contributed by atoms with Crippen LogP contribution in [0.5, 0.6) is 0 Å². The number of aromatic nitrogens is 3. The number of carbonyl (C=O) groups excluding carboxylic acids is 1. The highest BCUT2D eigenvalue weighted by molar-refractivity contribution is 5.98. The molecular weight excluding hydrogens is 335 g/mol. The Morgan fingerprint density at radius 3 is 2.65 bits per heavy atom. The molecule has 1 aliphatic heterocycles. The van der Waals surface area contributed by atoms with Gasteiger partial charge in [0, 0.05) is 17.0 Å². The van der Waals surface area contributed by atoms with Crippen LogP contribution in [0.3, 0.4) is 0 Å². The first-order valence-corrected chi connectivity index (χ1v) is 8.45. The fourth-order valence-electron chi connectivity index (χ4n) is 3.10. The molecule has 1 fully saturated rings. The van der Waals surface area contributed by atoms with E-state index in [0.717, 1.165) is 16.6 Å². The molecule has 3 unspecified atom stereocenters. The van der Waals surface area contributed by atoms with Crippen molar-refractivity contribution in [2.45, 2.75) is 25.9 Å². The Bertz CT molecular complexity index is 954. The molecule has 0 radical (unpaired) electrons. The van der Waals surface area contributed by atoms with Crippen LogP contribution in [0.2, 0.25) is 0 Å². The average molecular weight is 354 g/mol. The van der Waals surface area contributed by atoms with Gasteiger partial charge in [-0.15, -0.1) is 0 Å². The van der Waals surface area contributed by atoms with Gasteiger partial charge in [0.1, 0.15) is 11.9 Å². The van der Waals surface area contributed by atoms with Gasteiger partial charge in [-0.25, -0.2) is 14.8 Å². The van der Waals surface area contributed by atoms with E-state index in [-0.39, 0.29) is 29.7 Å². The highest BCUT2D eigenvalue weighted by Crippen LogP contribution is 2.27. The molecule has 4 N–H and O–H groups in total. The second-order valence-corrected chi connectivity index (χ2v) is 6.60. The summed E-state index contributed by atoms with van der Waals surface area (Å²) in [6, 6.07) is 7.84. The van der Waals surface area contributed by atoms with Gasteiger partial charge in [0.05, 0.1) is 17.6 Å². The molecule has 0 bridgehead atoms. The summed E-state index contributed by atoms with van der Waals surface area (Å²) >= 11 is 0. The predicted molar refractivity (Wildman–Crippen MR) is 96.6 cm³/mol. The van der Waals surface area contributed by atoms with Crippen molar-refractivity contribution in [3.8, 4) is 11.3 Å². The molecule has 1 saturated heterocycles. The number of H-pyrrole nitrogens is 1. The quantitative estimate of drug-likeness (QED) is 0.578. The normalized spacial score (nSPS) is 22.7. The third-order valence-corrected chi connectivity index (χ3v) is 4.87. The van der Waals surface area contributed by atoms with Gasteiger partial charge in [-0.3, -0.25) is 15.3 Å². The molecule has 3 atom stereocenters. The fraction of sp³-hybridized carbons (Fsp3) is 0.278.